The highest BCUT2D eigenvalue weighted by atomic mass is 79.9. The fourth-order valence-electron chi connectivity index (χ4n) is 1.89. The third-order valence-electron chi connectivity index (χ3n) is 3.46. The molecule has 154 valence electrons. The molecule has 1 aromatic carbocycles. The molecule has 0 N–H and O–H groups in total. The van der Waals surface area contributed by atoms with Crippen molar-refractivity contribution in [2.24, 2.45) is 10.9 Å². The average Bonchev–Trinajstić information content (AvgIpc) is 2.66. The molecule has 0 saturated carbocycles. The van der Waals surface area contributed by atoms with Crippen molar-refractivity contribution in [1.82, 2.24) is 0 Å². The van der Waals surface area contributed by atoms with Crippen LogP contribution < -0.4 is 0 Å². The summed E-state index contributed by atoms with van der Waals surface area (Å²) in [7, 11) is 1.74. The Morgan fingerprint density at radius 1 is 1.07 bits per heavy atom. The molecule has 0 heterocycles. The van der Waals surface area contributed by atoms with Gasteiger partial charge in [0.1, 0.15) is 0 Å². The van der Waals surface area contributed by atoms with Gasteiger partial charge in [-0.15, -0.1) is 0 Å². The number of nitrogens with zero attached hydrogens (tertiary/aromatic N) is 1. The molecular formula is C22H36BrNO3. The molecule has 0 aliphatic heterocycles. The van der Waals surface area contributed by atoms with Gasteiger partial charge in [0, 0.05) is 24.4 Å². The third-order valence-corrected chi connectivity index (χ3v) is 4.12. The molecule has 0 aliphatic rings. The molecule has 1 unspecified atom stereocenters. The number of ether oxygens (including phenoxy) is 3. The van der Waals surface area contributed by atoms with E-state index in [1.165, 1.54) is 5.56 Å². The Morgan fingerprint density at radius 3 is 2.33 bits per heavy atom. The van der Waals surface area contributed by atoms with Gasteiger partial charge in [-0.05, 0) is 47.7 Å². The Labute approximate surface area is 174 Å². The van der Waals surface area contributed by atoms with Crippen LogP contribution in [0.25, 0.3) is 0 Å². The number of halogens is 1. The fourth-order valence-corrected chi connectivity index (χ4v) is 2.09. The minimum absolute atomic E-state index is 0.127. The summed E-state index contributed by atoms with van der Waals surface area (Å²) in [6.45, 7) is 11.7. The lowest BCUT2D eigenvalue weighted by atomic mass is 10.1. The summed E-state index contributed by atoms with van der Waals surface area (Å²) in [5.41, 5.74) is 1.19. The summed E-state index contributed by atoms with van der Waals surface area (Å²) in [5.74, 6) is 0.692. The largest absolute Gasteiger partial charge is 0.379 e. The maximum absolute atomic E-state index is 5.64. The second-order valence-electron chi connectivity index (χ2n) is 6.54. The number of allylic oxidation sites excluding steroid dienone is 2. The molecule has 4 nitrogen and oxygen atoms in total. The highest BCUT2D eigenvalue weighted by molar-refractivity contribution is 9.12. The van der Waals surface area contributed by atoms with E-state index in [4.69, 9.17) is 14.2 Å². The molecule has 5 heteroatoms. The summed E-state index contributed by atoms with van der Waals surface area (Å²) in [6.07, 6.45) is 4.92. The smallest absolute Gasteiger partial charge is 0.0781 e. The van der Waals surface area contributed by atoms with Gasteiger partial charge in [0.25, 0.3) is 0 Å². The van der Waals surface area contributed by atoms with E-state index in [1.54, 1.807) is 13.3 Å². The zero-order chi connectivity index (χ0) is 20.3. The molecule has 0 bridgehead atoms. The summed E-state index contributed by atoms with van der Waals surface area (Å²) in [6, 6.07) is 10.2. The van der Waals surface area contributed by atoms with Crippen molar-refractivity contribution in [3.05, 3.63) is 46.5 Å². The minimum atomic E-state index is 0.127. The first kappa shape index (κ1) is 26.0. The van der Waals surface area contributed by atoms with Gasteiger partial charge in [-0.2, -0.15) is 0 Å². The predicted octanol–water partition coefficient (Wildman–Crippen LogP) is 5.66. The fraction of sp³-hybridized carbons (Fsp3) is 0.591. The average molecular weight is 442 g/mol. The van der Waals surface area contributed by atoms with E-state index >= 15 is 0 Å². The van der Waals surface area contributed by atoms with Crippen LogP contribution in [0.5, 0.6) is 0 Å². The molecule has 0 spiro atoms. The topological polar surface area (TPSA) is 40.0 Å². The van der Waals surface area contributed by atoms with E-state index in [-0.39, 0.29) is 6.10 Å². The zero-order valence-electron chi connectivity index (χ0n) is 17.5. The monoisotopic (exact) mass is 441 g/mol. The van der Waals surface area contributed by atoms with Crippen LogP contribution in [0.2, 0.25) is 0 Å². The third kappa shape index (κ3) is 18.1. The molecule has 0 aliphatic carbocycles. The van der Waals surface area contributed by atoms with Crippen LogP contribution in [-0.2, 0) is 20.8 Å². The van der Waals surface area contributed by atoms with Crippen LogP contribution >= 0.6 is 15.9 Å². The normalized spacial score (nSPS) is 12.9. The maximum Gasteiger partial charge on any atom is 0.0781 e. The highest BCUT2D eigenvalue weighted by Crippen LogP contribution is 2.02. The van der Waals surface area contributed by atoms with Gasteiger partial charge in [0.15, 0.2) is 0 Å². The Hall–Kier alpha value is -1.01. The van der Waals surface area contributed by atoms with Crippen molar-refractivity contribution in [2.75, 3.05) is 33.5 Å². The molecule has 0 fully saturated rings. The van der Waals surface area contributed by atoms with Crippen molar-refractivity contribution in [3.8, 4) is 0 Å². The summed E-state index contributed by atoms with van der Waals surface area (Å²) >= 11 is 3.25. The first-order valence-electron chi connectivity index (χ1n) is 9.54. The molecule has 0 aromatic heterocycles. The summed E-state index contributed by atoms with van der Waals surface area (Å²) in [4.78, 5) is 3.77. The Bertz CT molecular complexity index is 504. The number of aliphatic imine (C=N–C) groups is 1. The predicted molar refractivity (Wildman–Crippen MR) is 119 cm³/mol. The van der Waals surface area contributed by atoms with Gasteiger partial charge in [0.05, 0.1) is 32.5 Å². The molecule has 1 atom stereocenters. The molecular weight excluding hydrogens is 406 g/mol. The van der Waals surface area contributed by atoms with Gasteiger partial charge in [0.2, 0.25) is 0 Å². The van der Waals surface area contributed by atoms with Gasteiger partial charge in [-0.3, -0.25) is 4.99 Å². The lowest BCUT2D eigenvalue weighted by Gasteiger charge is -2.14. The van der Waals surface area contributed by atoms with Gasteiger partial charge in [-0.1, -0.05) is 50.3 Å². The SMILES string of the molecule is C/C=C(/Br)C=NC.CC(C)CCOCC(C)OCCOCc1ccccc1. The molecule has 1 aromatic rings. The van der Waals surface area contributed by atoms with Crippen molar-refractivity contribution in [2.45, 2.75) is 46.8 Å². The minimum Gasteiger partial charge on any atom is -0.379 e. The lowest BCUT2D eigenvalue weighted by molar-refractivity contribution is -0.0333. The number of hydrogen-bond acceptors (Lipinski definition) is 4. The van der Waals surface area contributed by atoms with Crippen molar-refractivity contribution >= 4 is 22.1 Å². The quantitative estimate of drug-likeness (QED) is 0.310. The van der Waals surface area contributed by atoms with Gasteiger partial charge < -0.3 is 14.2 Å². The first-order valence-corrected chi connectivity index (χ1v) is 10.3. The number of benzene rings is 1. The van der Waals surface area contributed by atoms with Crippen molar-refractivity contribution in [1.29, 1.82) is 0 Å². The Balaban J connectivity index is 0.000000821. The maximum atomic E-state index is 5.64. The van der Waals surface area contributed by atoms with E-state index in [9.17, 15) is 0 Å². The molecule has 0 saturated heterocycles. The van der Waals surface area contributed by atoms with E-state index in [1.807, 2.05) is 38.1 Å². The number of hydrogen-bond donors (Lipinski definition) is 0. The molecule has 0 amide bonds. The van der Waals surface area contributed by atoms with E-state index in [2.05, 4.69) is 46.9 Å². The van der Waals surface area contributed by atoms with Gasteiger partial charge >= 0.3 is 0 Å². The van der Waals surface area contributed by atoms with Gasteiger partial charge in [-0.25, -0.2) is 0 Å². The second kappa shape index (κ2) is 18.4. The standard InChI is InChI=1S/C17H28O3.C5H8BrN/c1-15(2)9-10-18-13-16(3)20-12-11-19-14-17-7-5-4-6-8-17;1-3-5(6)4-7-2/h4-8,15-16H,9-14H2,1-3H3;3-4H,1-2H3/b;5-3+,7-4?. The number of rotatable bonds is 12. The van der Waals surface area contributed by atoms with Crippen LogP contribution in [-0.4, -0.2) is 45.8 Å². The Morgan fingerprint density at radius 2 is 1.78 bits per heavy atom. The van der Waals surface area contributed by atoms with Crippen LogP contribution in [0.3, 0.4) is 0 Å². The van der Waals surface area contributed by atoms with E-state index in [0.29, 0.717) is 32.3 Å². The van der Waals surface area contributed by atoms with Crippen LogP contribution in [0, 0.1) is 5.92 Å². The van der Waals surface area contributed by atoms with Crippen LogP contribution in [0.15, 0.2) is 45.9 Å². The summed E-state index contributed by atoms with van der Waals surface area (Å²) in [5, 5.41) is 0. The van der Waals surface area contributed by atoms with E-state index < -0.39 is 0 Å². The Kier molecular flexibility index (Phi) is 17.7. The molecule has 0 radical (unpaired) electrons. The molecule has 27 heavy (non-hydrogen) atoms. The van der Waals surface area contributed by atoms with E-state index in [0.717, 1.165) is 17.5 Å². The second-order valence-corrected chi connectivity index (χ2v) is 7.45. The van der Waals surface area contributed by atoms with Crippen molar-refractivity contribution in [3.63, 3.8) is 0 Å². The van der Waals surface area contributed by atoms with Crippen LogP contribution in [0.1, 0.15) is 39.7 Å². The lowest BCUT2D eigenvalue weighted by Crippen LogP contribution is -2.19. The summed E-state index contributed by atoms with van der Waals surface area (Å²) < 4.78 is 17.8. The van der Waals surface area contributed by atoms with Crippen molar-refractivity contribution < 1.29 is 14.2 Å². The first-order chi connectivity index (χ1) is 13.0. The highest BCUT2D eigenvalue weighted by Gasteiger charge is 2.03. The zero-order valence-corrected chi connectivity index (χ0v) is 19.1. The van der Waals surface area contributed by atoms with Crippen LogP contribution in [0.4, 0.5) is 0 Å². The molecule has 1 rings (SSSR count).